The molecule has 0 aromatic heterocycles. The van der Waals surface area contributed by atoms with Crippen LogP contribution in [0.5, 0.6) is 0 Å². The van der Waals surface area contributed by atoms with Crippen molar-refractivity contribution < 1.29 is 14.2 Å². The first-order chi connectivity index (χ1) is 5.86. The average Bonchev–Trinajstić information content (AvgIpc) is 2.16. The molecule has 4 heteroatoms. The quantitative estimate of drug-likeness (QED) is 0.482. The van der Waals surface area contributed by atoms with Crippen LogP contribution < -0.4 is 0 Å². The molecule has 1 aliphatic heterocycles. The van der Waals surface area contributed by atoms with Crippen molar-refractivity contribution in [1.82, 2.24) is 0 Å². The Kier molecular flexibility index (Phi) is 4.83. The smallest absolute Gasteiger partial charge is 0.154 e. The lowest BCUT2D eigenvalue weighted by atomic mass is 10.2. The van der Waals surface area contributed by atoms with Gasteiger partial charge >= 0.3 is 0 Å². The summed E-state index contributed by atoms with van der Waals surface area (Å²) in [6, 6.07) is 0. The number of ether oxygens (including phenoxy) is 3. The van der Waals surface area contributed by atoms with Crippen LogP contribution in [0.1, 0.15) is 19.3 Å². The Morgan fingerprint density at radius 3 is 2.58 bits per heavy atom. The first kappa shape index (κ1) is 10.2. The Bertz CT molecular complexity index is 111. The van der Waals surface area contributed by atoms with Crippen molar-refractivity contribution in [3.8, 4) is 0 Å². The third-order valence-corrected chi connectivity index (χ3v) is 3.50. The lowest BCUT2D eigenvalue weighted by Crippen LogP contribution is -2.35. The van der Waals surface area contributed by atoms with Crippen molar-refractivity contribution in [1.29, 1.82) is 0 Å². The van der Waals surface area contributed by atoms with E-state index in [0.29, 0.717) is 15.2 Å². The maximum atomic E-state index is 5.56. The van der Waals surface area contributed by atoms with Gasteiger partial charge in [0, 0.05) is 20.8 Å². The van der Waals surface area contributed by atoms with Gasteiger partial charge in [-0.1, -0.05) is 0 Å². The van der Waals surface area contributed by atoms with Crippen LogP contribution in [0.15, 0.2) is 0 Å². The molecule has 1 atom stereocenters. The highest BCUT2D eigenvalue weighted by Crippen LogP contribution is 2.12. The monoisotopic (exact) mass is 188 g/mol. The molecule has 1 aliphatic rings. The van der Waals surface area contributed by atoms with Crippen LogP contribution in [0.4, 0.5) is 0 Å². The molecule has 0 amide bonds. The van der Waals surface area contributed by atoms with E-state index in [2.05, 4.69) is 0 Å². The zero-order valence-electron chi connectivity index (χ0n) is 7.71. The maximum absolute atomic E-state index is 5.56. The van der Waals surface area contributed by atoms with Crippen molar-refractivity contribution in [2.75, 3.05) is 20.8 Å². The van der Waals surface area contributed by atoms with Gasteiger partial charge in [-0.15, -0.1) is 0 Å². The fourth-order valence-electron chi connectivity index (χ4n) is 1.26. The molecule has 1 saturated heterocycles. The predicted octanol–water partition coefficient (Wildman–Crippen LogP) is 0.794. The lowest BCUT2D eigenvalue weighted by molar-refractivity contribution is -0.0512. The third-order valence-electron chi connectivity index (χ3n) is 1.93. The Hall–Kier alpha value is 0.0969. The van der Waals surface area contributed by atoms with E-state index >= 15 is 0 Å². The van der Waals surface area contributed by atoms with Gasteiger partial charge in [-0.05, 0) is 19.3 Å². The van der Waals surface area contributed by atoms with E-state index in [1.54, 1.807) is 14.2 Å². The van der Waals surface area contributed by atoms with Crippen LogP contribution in [0.3, 0.4) is 0 Å². The Labute approximate surface area is 76.2 Å². The highest BCUT2D eigenvalue weighted by Gasteiger charge is 2.20. The van der Waals surface area contributed by atoms with Gasteiger partial charge in [-0.3, -0.25) is 0 Å². The zero-order valence-corrected chi connectivity index (χ0v) is 8.71. The summed E-state index contributed by atoms with van der Waals surface area (Å²) >= 11 is 0. The number of methoxy groups -OCH3 is 2. The average molecular weight is 188 g/mol. The largest absolute Gasteiger partial charge is 0.382 e. The highest BCUT2D eigenvalue weighted by molar-refractivity contribution is 6.38. The molecule has 0 aliphatic carbocycles. The summed E-state index contributed by atoms with van der Waals surface area (Å²) < 4.78 is 15.8. The summed E-state index contributed by atoms with van der Waals surface area (Å²) in [5.41, 5.74) is 0.364. The fourth-order valence-corrected chi connectivity index (χ4v) is 2.42. The van der Waals surface area contributed by atoms with E-state index in [0.717, 1.165) is 13.0 Å². The molecular weight excluding hydrogens is 172 g/mol. The van der Waals surface area contributed by atoms with Crippen LogP contribution in [0.25, 0.3) is 0 Å². The van der Waals surface area contributed by atoms with Gasteiger partial charge in [0.2, 0.25) is 0 Å². The van der Waals surface area contributed by atoms with Crippen LogP contribution in [0, 0.1) is 0 Å². The summed E-state index contributed by atoms with van der Waals surface area (Å²) in [6.07, 6.45) is 3.63. The topological polar surface area (TPSA) is 27.7 Å². The second kappa shape index (κ2) is 5.69. The molecule has 1 fully saturated rings. The van der Waals surface area contributed by atoms with Gasteiger partial charge in [0.1, 0.15) is 5.91 Å². The fraction of sp³-hybridized carbons (Fsp3) is 1.00. The molecule has 3 nitrogen and oxygen atoms in total. The van der Waals surface area contributed by atoms with E-state index in [1.807, 2.05) is 0 Å². The first-order valence-corrected chi connectivity index (χ1v) is 5.45. The van der Waals surface area contributed by atoms with Gasteiger partial charge in [0.25, 0.3) is 0 Å². The van der Waals surface area contributed by atoms with Crippen LogP contribution in [-0.2, 0) is 14.2 Å². The summed E-state index contributed by atoms with van der Waals surface area (Å²) in [6.45, 7) is 0.901. The summed E-state index contributed by atoms with van der Waals surface area (Å²) in [5, 5.41) is 0. The second-order valence-electron chi connectivity index (χ2n) is 2.83. The number of hydrogen-bond acceptors (Lipinski definition) is 3. The van der Waals surface area contributed by atoms with Gasteiger partial charge < -0.3 is 14.2 Å². The van der Waals surface area contributed by atoms with E-state index in [4.69, 9.17) is 14.2 Å². The molecule has 1 heterocycles. The summed E-state index contributed by atoms with van der Waals surface area (Å²) in [7, 11) is 3.95. The third kappa shape index (κ3) is 3.22. The lowest BCUT2D eigenvalue weighted by Gasteiger charge is -2.24. The minimum atomic E-state index is -0.0758. The van der Waals surface area contributed by atoms with E-state index in [9.17, 15) is 0 Å². The van der Waals surface area contributed by atoms with Crippen LogP contribution >= 0.6 is 0 Å². The molecule has 0 bridgehead atoms. The normalized spacial score (nSPS) is 24.8. The second-order valence-corrected chi connectivity index (χ2v) is 4.27. The highest BCUT2D eigenvalue weighted by atomic mass is 28.2. The molecular formula is C8H16O3Si. The van der Waals surface area contributed by atoms with Gasteiger partial charge in [0.15, 0.2) is 9.52 Å². The van der Waals surface area contributed by atoms with E-state index in [-0.39, 0.29) is 5.91 Å². The minimum absolute atomic E-state index is 0.0758. The van der Waals surface area contributed by atoms with Crippen molar-refractivity contribution in [3.63, 3.8) is 0 Å². The molecule has 0 N–H and O–H groups in total. The number of rotatable bonds is 4. The van der Waals surface area contributed by atoms with Crippen molar-refractivity contribution in [2.24, 2.45) is 0 Å². The molecule has 12 heavy (non-hydrogen) atoms. The molecule has 0 spiro atoms. The predicted molar refractivity (Wildman–Crippen MR) is 47.2 cm³/mol. The molecule has 0 saturated carbocycles. The maximum Gasteiger partial charge on any atom is 0.154 e. The van der Waals surface area contributed by atoms with E-state index < -0.39 is 0 Å². The summed E-state index contributed by atoms with van der Waals surface area (Å²) in [4.78, 5) is 0. The van der Waals surface area contributed by atoms with Crippen molar-refractivity contribution >= 4 is 9.52 Å². The molecule has 1 rings (SSSR count). The van der Waals surface area contributed by atoms with Gasteiger partial charge in [-0.2, -0.15) is 0 Å². The molecule has 1 unspecified atom stereocenters. The standard InChI is InChI=1S/C8H16O3Si/c1-9-8(10-2)12-7-5-3-4-6-11-7/h7-8H,3-6H2,1-2H3. The molecule has 2 radical (unpaired) electrons. The van der Waals surface area contributed by atoms with Crippen LogP contribution in [0.2, 0.25) is 0 Å². The SMILES string of the molecule is COC(OC)[Si]C1CCCCO1. The molecule has 70 valence electrons. The zero-order chi connectivity index (χ0) is 8.81. The Morgan fingerprint density at radius 2 is 2.08 bits per heavy atom. The van der Waals surface area contributed by atoms with Crippen molar-refractivity contribution in [3.05, 3.63) is 0 Å². The van der Waals surface area contributed by atoms with E-state index in [1.165, 1.54) is 12.8 Å². The van der Waals surface area contributed by atoms with Crippen molar-refractivity contribution in [2.45, 2.75) is 30.9 Å². The first-order valence-electron chi connectivity index (χ1n) is 4.30. The molecule has 0 aromatic rings. The van der Waals surface area contributed by atoms with Crippen LogP contribution in [-0.4, -0.2) is 42.0 Å². The van der Waals surface area contributed by atoms with Gasteiger partial charge in [-0.25, -0.2) is 0 Å². The Morgan fingerprint density at radius 1 is 1.33 bits per heavy atom. The Balaban J connectivity index is 2.18. The molecule has 0 aromatic carbocycles. The number of hydrogen-bond donors (Lipinski definition) is 0. The minimum Gasteiger partial charge on any atom is -0.382 e. The summed E-state index contributed by atoms with van der Waals surface area (Å²) in [5.74, 6) is -0.0758. The van der Waals surface area contributed by atoms with Gasteiger partial charge in [0.05, 0.1) is 5.73 Å².